The number of halogens is 2. The summed E-state index contributed by atoms with van der Waals surface area (Å²) in [5.41, 5.74) is 0.278. The normalized spacial score (nSPS) is 12.8. The Kier molecular flexibility index (Phi) is 5.40. The van der Waals surface area contributed by atoms with E-state index >= 15 is 0 Å². The summed E-state index contributed by atoms with van der Waals surface area (Å²) < 4.78 is 23.4. The second-order valence-electron chi connectivity index (χ2n) is 3.87. The van der Waals surface area contributed by atoms with Crippen molar-refractivity contribution in [2.24, 2.45) is 0 Å². The first kappa shape index (κ1) is 16.0. The first-order valence-electron chi connectivity index (χ1n) is 5.36. The molecule has 0 saturated heterocycles. The predicted molar refractivity (Wildman–Crippen MR) is 78.5 cm³/mol. The highest BCUT2D eigenvalue weighted by molar-refractivity contribution is 7.92. The largest absolute Gasteiger partial charge is 0.324 e. The summed E-state index contributed by atoms with van der Waals surface area (Å²) in [4.78, 5) is 11.9. The molecular weight excluding hydrogens is 309 g/mol. The molecule has 1 atom stereocenters. The number of anilines is 1. The van der Waals surface area contributed by atoms with Crippen molar-refractivity contribution in [3.63, 3.8) is 0 Å². The van der Waals surface area contributed by atoms with Gasteiger partial charge in [-0.3, -0.25) is 4.79 Å². The molecule has 1 aromatic carbocycles. The van der Waals surface area contributed by atoms with Gasteiger partial charge in [0.25, 0.3) is 0 Å². The zero-order chi connectivity index (χ0) is 14.6. The molecule has 1 unspecified atom stereocenters. The van der Waals surface area contributed by atoms with Gasteiger partial charge in [0, 0.05) is 5.02 Å². The van der Waals surface area contributed by atoms with Gasteiger partial charge in [-0.25, -0.2) is 8.42 Å². The van der Waals surface area contributed by atoms with Gasteiger partial charge in [-0.05, 0) is 25.1 Å². The van der Waals surface area contributed by atoms with E-state index in [9.17, 15) is 13.2 Å². The Bertz CT molecular complexity index is 599. The van der Waals surface area contributed by atoms with Crippen LogP contribution in [0, 0.1) is 0 Å². The van der Waals surface area contributed by atoms with Gasteiger partial charge in [0.2, 0.25) is 5.91 Å². The van der Waals surface area contributed by atoms with E-state index in [1.807, 2.05) is 0 Å². The van der Waals surface area contributed by atoms with Gasteiger partial charge >= 0.3 is 0 Å². The molecule has 0 aliphatic rings. The highest BCUT2D eigenvalue weighted by Crippen LogP contribution is 2.25. The zero-order valence-electron chi connectivity index (χ0n) is 10.2. The average molecular weight is 322 g/mol. The van der Waals surface area contributed by atoms with Crippen LogP contribution < -0.4 is 5.32 Å². The first-order chi connectivity index (χ1) is 8.77. The van der Waals surface area contributed by atoms with E-state index in [4.69, 9.17) is 23.2 Å². The van der Waals surface area contributed by atoms with Gasteiger partial charge in [0.15, 0.2) is 9.84 Å². The third kappa shape index (κ3) is 4.23. The van der Waals surface area contributed by atoms with Crippen LogP contribution >= 0.6 is 23.2 Å². The molecule has 0 spiro atoms. The van der Waals surface area contributed by atoms with E-state index in [2.05, 4.69) is 11.9 Å². The summed E-state index contributed by atoms with van der Waals surface area (Å²) in [7, 11) is -3.56. The van der Waals surface area contributed by atoms with Crippen molar-refractivity contribution >= 4 is 44.6 Å². The Hall–Kier alpha value is -1.04. The molecular formula is C12H13Cl2NO3S. The highest BCUT2D eigenvalue weighted by atomic mass is 35.5. The summed E-state index contributed by atoms with van der Waals surface area (Å²) >= 11 is 11.7. The molecule has 7 heteroatoms. The van der Waals surface area contributed by atoms with Crippen molar-refractivity contribution in [3.8, 4) is 0 Å². The molecule has 19 heavy (non-hydrogen) atoms. The Morgan fingerprint density at radius 2 is 2.11 bits per heavy atom. The summed E-state index contributed by atoms with van der Waals surface area (Å²) in [6, 6.07) is 4.54. The van der Waals surface area contributed by atoms with Crippen molar-refractivity contribution in [2.45, 2.75) is 12.2 Å². The van der Waals surface area contributed by atoms with Gasteiger partial charge in [-0.15, -0.1) is 6.58 Å². The molecule has 0 bridgehead atoms. The molecule has 4 nitrogen and oxygen atoms in total. The maximum absolute atomic E-state index is 11.9. The predicted octanol–water partition coefficient (Wildman–Crippen LogP) is 2.92. The average Bonchev–Trinajstić information content (AvgIpc) is 2.32. The number of carbonyl (C=O) groups is 1. The SMILES string of the molecule is C=CCS(=O)(=O)C(C)C(=O)Nc1cc(Cl)ccc1Cl. The maximum atomic E-state index is 11.9. The lowest BCUT2D eigenvalue weighted by molar-refractivity contribution is -0.115. The van der Waals surface area contributed by atoms with E-state index in [1.54, 1.807) is 6.07 Å². The van der Waals surface area contributed by atoms with Crippen LogP contribution in [-0.4, -0.2) is 25.3 Å². The highest BCUT2D eigenvalue weighted by Gasteiger charge is 2.27. The standard InChI is InChI=1S/C12H13Cl2NO3S/c1-3-6-19(17,18)8(2)12(16)15-11-7-9(13)4-5-10(11)14/h3-5,7-8H,1,6H2,2H3,(H,15,16). The monoisotopic (exact) mass is 321 g/mol. The number of benzene rings is 1. The smallest absolute Gasteiger partial charge is 0.242 e. The van der Waals surface area contributed by atoms with E-state index in [0.29, 0.717) is 5.02 Å². The molecule has 0 fully saturated rings. The number of amides is 1. The first-order valence-corrected chi connectivity index (χ1v) is 7.83. The van der Waals surface area contributed by atoms with E-state index in [-0.39, 0.29) is 16.5 Å². The van der Waals surface area contributed by atoms with Crippen LogP contribution in [0.3, 0.4) is 0 Å². The summed E-state index contributed by atoms with van der Waals surface area (Å²) in [6.07, 6.45) is 1.24. The number of nitrogens with one attached hydrogen (secondary N) is 1. The third-order valence-electron chi connectivity index (χ3n) is 2.44. The van der Waals surface area contributed by atoms with Crippen LogP contribution in [0.5, 0.6) is 0 Å². The van der Waals surface area contributed by atoms with E-state index < -0.39 is 21.0 Å². The van der Waals surface area contributed by atoms with Gasteiger partial charge in [0.1, 0.15) is 5.25 Å². The Labute approximate surface area is 122 Å². The molecule has 1 N–H and O–H groups in total. The molecule has 0 radical (unpaired) electrons. The van der Waals surface area contributed by atoms with Crippen molar-refractivity contribution in [2.75, 3.05) is 11.1 Å². The molecule has 104 valence electrons. The van der Waals surface area contributed by atoms with Crippen LogP contribution in [-0.2, 0) is 14.6 Å². The third-order valence-corrected chi connectivity index (χ3v) is 5.00. The molecule has 1 amide bonds. The molecule has 0 saturated carbocycles. The minimum Gasteiger partial charge on any atom is -0.324 e. The number of hydrogen-bond acceptors (Lipinski definition) is 3. The summed E-state index contributed by atoms with van der Waals surface area (Å²) in [5, 5.41) is 1.93. The Balaban J connectivity index is 2.91. The van der Waals surface area contributed by atoms with Crippen molar-refractivity contribution in [1.29, 1.82) is 0 Å². The second kappa shape index (κ2) is 6.41. The Morgan fingerprint density at radius 1 is 1.47 bits per heavy atom. The van der Waals surface area contributed by atoms with Crippen LogP contribution in [0.15, 0.2) is 30.9 Å². The quantitative estimate of drug-likeness (QED) is 0.848. The maximum Gasteiger partial charge on any atom is 0.242 e. The van der Waals surface area contributed by atoms with Crippen LogP contribution in [0.25, 0.3) is 0 Å². The molecule has 0 heterocycles. The lowest BCUT2D eigenvalue weighted by Crippen LogP contribution is -2.33. The minimum atomic E-state index is -3.56. The second-order valence-corrected chi connectivity index (χ2v) is 7.08. The fourth-order valence-corrected chi connectivity index (χ4v) is 2.64. The lowest BCUT2D eigenvalue weighted by Gasteiger charge is -2.13. The van der Waals surface area contributed by atoms with Gasteiger partial charge < -0.3 is 5.32 Å². The minimum absolute atomic E-state index is 0.259. The molecule has 1 aromatic rings. The van der Waals surface area contributed by atoms with Crippen LogP contribution in [0.1, 0.15) is 6.92 Å². The van der Waals surface area contributed by atoms with E-state index in [1.165, 1.54) is 25.1 Å². The number of hydrogen-bond donors (Lipinski definition) is 1. The van der Waals surface area contributed by atoms with Gasteiger partial charge in [-0.2, -0.15) is 0 Å². The molecule has 1 rings (SSSR count). The number of rotatable bonds is 5. The number of sulfone groups is 1. The summed E-state index contributed by atoms with van der Waals surface area (Å²) in [6.45, 7) is 4.66. The fraction of sp³-hybridized carbons (Fsp3) is 0.250. The fourth-order valence-electron chi connectivity index (χ4n) is 1.30. The molecule has 0 aromatic heterocycles. The number of carbonyl (C=O) groups excluding carboxylic acids is 1. The van der Waals surface area contributed by atoms with Gasteiger partial charge in [-0.1, -0.05) is 29.3 Å². The lowest BCUT2D eigenvalue weighted by atomic mass is 10.3. The van der Waals surface area contributed by atoms with Gasteiger partial charge in [0.05, 0.1) is 16.5 Å². The van der Waals surface area contributed by atoms with Crippen molar-refractivity contribution in [1.82, 2.24) is 0 Å². The zero-order valence-corrected chi connectivity index (χ0v) is 12.5. The van der Waals surface area contributed by atoms with Crippen molar-refractivity contribution in [3.05, 3.63) is 40.9 Å². The van der Waals surface area contributed by atoms with Crippen LogP contribution in [0.2, 0.25) is 10.0 Å². The topological polar surface area (TPSA) is 63.2 Å². The van der Waals surface area contributed by atoms with Crippen molar-refractivity contribution < 1.29 is 13.2 Å². The molecule has 0 aliphatic heterocycles. The summed E-state index contributed by atoms with van der Waals surface area (Å²) in [5.74, 6) is -0.920. The van der Waals surface area contributed by atoms with E-state index in [0.717, 1.165) is 0 Å². The molecule has 0 aliphatic carbocycles. The van der Waals surface area contributed by atoms with Crippen LogP contribution in [0.4, 0.5) is 5.69 Å². The Morgan fingerprint density at radius 3 is 2.68 bits per heavy atom.